The van der Waals surface area contributed by atoms with E-state index in [1.165, 1.54) is 0 Å². The largest absolute Gasteiger partial charge is 0.387 e. The second-order valence-corrected chi connectivity index (χ2v) is 3.99. The van der Waals surface area contributed by atoms with Crippen LogP contribution in [0.5, 0.6) is 0 Å². The van der Waals surface area contributed by atoms with Crippen molar-refractivity contribution in [3.8, 4) is 0 Å². The Balaban J connectivity index is 2.63. The summed E-state index contributed by atoms with van der Waals surface area (Å²) in [4.78, 5) is 4.48. The van der Waals surface area contributed by atoms with E-state index in [0.717, 1.165) is 18.9 Å². The van der Waals surface area contributed by atoms with Crippen LogP contribution in [0.25, 0.3) is 0 Å². The number of rotatable bonds is 2. The summed E-state index contributed by atoms with van der Waals surface area (Å²) in [5.74, 6) is 1.07. The Bertz CT molecular complexity index is 181. The van der Waals surface area contributed by atoms with Crippen molar-refractivity contribution in [2.24, 2.45) is 16.6 Å². The molecule has 0 bridgehead atoms. The molecule has 3 nitrogen and oxygen atoms in total. The molecule has 1 atom stereocenters. The van der Waals surface area contributed by atoms with E-state index >= 15 is 0 Å². The van der Waals surface area contributed by atoms with Crippen LogP contribution in [-0.4, -0.2) is 24.6 Å². The highest BCUT2D eigenvalue weighted by Crippen LogP contribution is 2.22. The number of nitrogens with two attached hydrogens (primary N) is 1. The van der Waals surface area contributed by atoms with Gasteiger partial charge in [-0.05, 0) is 13.3 Å². The van der Waals surface area contributed by atoms with E-state index < -0.39 is 0 Å². The molecule has 0 saturated carbocycles. The third-order valence-electron chi connectivity index (χ3n) is 2.19. The van der Waals surface area contributed by atoms with Gasteiger partial charge in [-0.3, -0.25) is 4.99 Å². The lowest BCUT2D eigenvalue weighted by Crippen LogP contribution is -2.29. The van der Waals surface area contributed by atoms with Crippen LogP contribution in [0, 0.1) is 5.92 Å². The van der Waals surface area contributed by atoms with E-state index in [1.807, 2.05) is 0 Å². The number of hydrogen-bond donors (Lipinski definition) is 1. The first-order valence-electron chi connectivity index (χ1n) is 4.46. The second kappa shape index (κ2) is 3.44. The molecule has 12 heavy (non-hydrogen) atoms. The minimum atomic E-state index is -0.0612. The summed E-state index contributed by atoms with van der Waals surface area (Å²) in [6.45, 7) is 7.72. The predicted molar refractivity (Wildman–Crippen MR) is 50.3 cm³/mol. The fourth-order valence-electron chi connectivity index (χ4n) is 1.19. The zero-order valence-electron chi connectivity index (χ0n) is 8.13. The normalized spacial score (nSPS) is 31.5. The quantitative estimate of drug-likeness (QED) is 0.499. The zero-order valence-corrected chi connectivity index (χ0v) is 8.13. The van der Waals surface area contributed by atoms with Crippen LogP contribution < -0.4 is 5.73 Å². The molecule has 0 amide bonds. The van der Waals surface area contributed by atoms with Gasteiger partial charge in [0.2, 0.25) is 0 Å². The van der Waals surface area contributed by atoms with E-state index in [2.05, 4.69) is 25.8 Å². The topological polar surface area (TPSA) is 47.6 Å². The molecule has 1 saturated heterocycles. The first-order chi connectivity index (χ1) is 5.53. The first-order valence-corrected chi connectivity index (χ1v) is 4.46. The zero-order chi connectivity index (χ0) is 9.19. The third-order valence-corrected chi connectivity index (χ3v) is 2.19. The Morgan fingerprint density at radius 1 is 1.58 bits per heavy atom. The van der Waals surface area contributed by atoms with Gasteiger partial charge in [0.05, 0.1) is 18.0 Å². The Morgan fingerprint density at radius 2 is 2.25 bits per heavy atom. The highest BCUT2D eigenvalue weighted by molar-refractivity contribution is 5.82. The Labute approximate surface area is 74.0 Å². The summed E-state index contributed by atoms with van der Waals surface area (Å²) in [5.41, 5.74) is 5.71. The molecule has 2 N–H and O–H groups in total. The molecule has 1 heterocycles. The van der Waals surface area contributed by atoms with Gasteiger partial charge in [0.25, 0.3) is 0 Å². The van der Waals surface area contributed by atoms with Crippen molar-refractivity contribution in [1.29, 1.82) is 0 Å². The molecule has 0 aromatic heterocycles. The maximum Gasteiger partial charge on any atom is 0.0970 e. The Hall–Kier alpha value is -0.570. The van der Waals surface area contributed by atoms with Crippen LogP contribution in [0.2, 0.25) is 0 Å². The molecule has 70 valence electrons. The van der Waals surface area contributed by atoms with Gasteiger partial charge in [0.15, 0.2) is 0 Å². The molecular weight excluding hydrogens is 152 g/mol. The minimum absolute atomic E-state index is 0.0612. The van der Waals surface area contributed by atoms with E-state index in [0.29, 0.717) is 12.5 Å². The summed E-state index contributed by atoms with van der Waals surface area (Å²) in [6, 6.07) is 0. The van der Waals surface area contributed by atoms with Crippen molar-refractivity contribution in [2.45, 2.75) is 32.7 Å². The molecule has 3 heteroatoms. The molecule has 0 spiro atoms. The molecule has 1 unspecified atom stereocenters. The highest BCUT2D eigenvalue weighted by atomic mass is 16.5. The van der Waals surface area contributed by atoms with E-state index in [9.17, 15) is 0 Å². The fraction of sp³-hybridized carbons (Fsp3) is 0.889. The molecule has 0 aromatic carbocycles. The number of aliphatic imine (C=N–C) groups is 1. The van der Waals surface area contributed by atoms with Crippen LogP contribution in [0.3, 0.4) is 0 Å². The van der Waals surface area contributed by atoms with Crippen molar-refractivity contribution >= 4 is 5.84 Å². The molecule has 1 fully saturated rings. The van der Waals surface area contributed by atoms with Gasteiger partial charge >= 0.3 is 0 Å². The van der Waals surface area contributed by atoms with Gasteiger partial charge in [-0.1, -0.05) is 13.8 Å². The number of hydrogen-bond acceptors (Lipinski definition) is 2. The molecular formula is C9H18N2O. The van der Waals surface area contributed by atoms with Crippen LogP contribution in [0.1, 0.15) is 27.2 Å². The van der Waals surface area contributed by atoms with E-state index in [1.54, 1.807) is 0 Å². The molecule has 1 rings (SSSR count). The van der Waals surface area contributed by atoms with Crippen molar-refractivity contribution < 1.29 is 4.74 Å². The predicted octanol–water partition coefficient (Wildman–Crippen LogP) is 1.18. The van der Waals surface area contributed by atoms with Crippen LogP contribution in [0.4, 0.5) is 0 Å². The second-order valence-electron chi connectivity index (χ2n) is 3.99. The molecule has 0 radical (unpaired) electrons. The van der Waals surface area contributed by atoms with Gasteiger partial charge < -0.3 is 10.5 Å². The van der Waals surface area contributed by atoms with Gasteiger partial charge in [-0.2, -0.15) is 0 Å². The van der Waals surface area contributed by atoms with Crippen molar-refractivity contribution in [3.05, 3.63) is 0 Å². The lowest BCUT2D eigenvalue weighted by molar-refractivity contribution is 0.182. The standard InChI is InChI=1S/C9H18N2O/c1-7(2)8(10)11-9(3)4-5-12-6-9/h7H,4-6H2,1-3H3,(H2,10,11). The minimum Gasteiger partial charge on any atom is -0.387 e. The van der Waals surface area contributed by atoms with Crippen LogP contribution in [-0.2, 0) is 4.74 Å². The maximum absolute atomic E-state index is 5.78. The van der Waals surface area contributed by atoms with E-state index in [-0.39, 0.29) is 5.54 Å². The monoisotopic (exact) mass is 170 g/mol. The van der Waals surface area contributed by atoms with Crippen molar-refractivity contribution in [1.82, 2.24) is 0 Å². The molecule has 1 aliphatic rings. The smallest absolute Gasteiger partial charge is 0.0970 e. The lowest BCUT2D eigenvalue weighted by atomic mass is 10.0. The maximum atomic E-state index is 5.78. The molecule has 1 aliphatic heterocycles. The average molecular weight is 170 g/mol. The summed E-state index contributed by atoms with van der Waals surface area (Å²) < 4.78 is 5.28. The Morgan fingerprint density at radius 3 is 2.67 bits per heavy atom. The highest BCUT2D eigenvalue weighted by Gasteiger charge is 2.29. The SMILES string of the molecule is CC(C)C(N)=NC1(C)CCOC1. The van der Waals surface area contributed by atoms with Crippen LogP contribution >= 0.6 is 0 Å². The summed E-state index contributed by atoms with van der Waals surface area (Å²) in [5, 5.41) is 0. The van der Waals surface area contributed by atoms with Gasteiger partial charge in [0.1, 0.15) is 0 Å². The first kappa shape index (κ1) is 9.52. The fourth-order valence-corrected chi connectivity index (χ4v) is 1.19. The number of nitrogens with zero attached hydrogens (tertiary/aromatic N) is 1. The average Bonchev–Trinajstić information content (AvgIpc) is 2.35. The Kier molecular flexibility index (Phi) is 2.73. The van der Waals surface area contributed by atoms with Crippen molar-refractivity contribution in [3.63, 3.8) is 0 Å². The number of amidine groups is 1. The number of ether oxygens (including phenoxy) is 1. The van der Waals surface area contributed by atoms with Gasteiger partial charge in [0, 0.05) is 12.5 Å². The summed E-state index contributed by atoms with van der Waals surface area (Å²) in [6.07, 6.45) is 0.987. The molecule has 0 aromatic rings. The summed E-state index contributed by atoms with van der Waals surface area (Å²) >= 11 is 0. The van der Waals surface area contributed by atoms with Crippen molar-refractivity contribution in [2.75, 3.05) is 13.2 Å². The van der Waals surface area contributed by atoms with Gasteiger partial charge in [-0.25, -0.2) is 0 Å². The van der Waals surface area contributed by atoms with E-state index in [4.69, 9.17) is 10.5 Å². The van der Waals surface area contributed by atoms with Crippen LogP contribution in [0.15, 0.2) is 4.99 Å². The van der Waals surface area contributed by atoms with Gasteiger partial charge in [-0.15, -0.1) is 0 Å². The third kappa shape index (κ3) is 2.21. The summed E-state index contributed by atoms with van der Waals surface area (Å²) in [7, 11) is 0. The lowest BCUT2D eigenvalue weighted by Gasteiger charge is -2.18. The molecule has 0 aliphatic carbocycles.